The van der Waals surface area contributed by atoms with E-state index < -0.39 is 0 Å². The van der Waals surface area contributed by atoms with Crippen molar-refractivity contribution in [2.45, 2.75) is 18.9 Å². The molecule has 1 aliphatic heterocycles. The topological polar surface area (TPSA) is 36.7 Å². The lowest BCUT2D eigenvalue weighted by atomic mass is 10.0. The van der Waals surface area contributed by atoms with E-state index >= 15 is 0 Å². The van der Waals surface area contributed by atoms with E-state index in [9.17, 15) is 4.79 Å². The van der Waals surface area contributed by atoms with Gasteiger partial charge in [-0.25, -0.2) is 0 Å². The van der Waals surface area contributed by atoms with E-state index in [1.54, 1.807) is 6.26 Å². The summed E-state index contributed by atoms with van der Waals surface area (Å²) in [6.45, 7) is 2.07. The second-order valence-electron chi connectivity index (χ2n) is 5.98. The van der Waals surface area contributed by atoms with Gasteiger partial charge in [0.25, 0.3) is 5.91 Å². The number of furan rings is 1. The molecule has 0 bridgehead atoms. The highest BCUT2D eigenvalue weighted by Crippen LogP contribution is 2.27. The van der Waals surface area contributed by atoms with Gasteiger partial charge in [0.2, 0.25) is 0 Å². The summed E-state index contributed by atoms with van der Waals surface area (Å²) in [5, 5.41) is 0. The minimum absolute atomic E-state index is 0.0293. The van der Waals surface area contributed by atoms with Gasteiger partial charge < -0.3 is 14.2 Å². The number of hydrogen-bond acceptors (Lipinski definition) is 3. The number of amides is 1. The molecule has 0 spiro atoms. The van der Waals surface area contributed by atoms with Crippen LogP contribution >= 0.6 is 0 Å². The molecule has 0 aliphatic carbocycles. The average molecular weight is 298 g/mol. The van der Waals surface area contributed by atoms with Gasteiger partial charge in [0, 0.05) is 18.7 Å². The molecule has 0 N–H and O–H groups in total. The van der Waals surface area contributed by atoms with Crippen molar-refractivity contribution < 1.29 is 9.21 Å². The summed E-state index contributed by atoms with van der Waals surface area (Å²) in [7, 11) is 4.01. The highest BCUT2D eigenvalue weighted by atomic mass is 16.3. The molecule has 1 aromatic carbocycles. The van der Waals surface area contributed by atoms with E-state index in [0.717, 1.165) is 37.1 Å². The maximum Gasteiger partial charge on any atom is 0.290 e. The van der Waals surface area contributed by atoms with Gasteiger partial charge >= 0.3 is 0 Å². The van der Waals surface area contributed by atoms with Crippen LogP contribution in [0.5, 0.6) is 0 Å². The van der Waals surface area contributed by atoms with Crippen molar-refractivity contribution in [1.29, 1.82) is 0 Å². The molecule has 4 heteroatoms. The number of carbonyl (C=O) groups excluding carboxylic acids is 1. The molecule has 1 amide bonds. The first kappa shape index (κ1) is 14.9. The van der Waals surface area contributed by atoms with Crippen LogP contribution < -0.4 is 0 Å². The van der Waals surface area contributed by atoms with Gasteiger partial charge in [-0.05, 0) is 44.6 Å². The van der Waals surface area contributed by atoms with Crippen LogP contribution in [-0.4, -0.2) is 48.9 Å². The molecule has 1 fully saturated rings. The van der Waals surface area contributed by atoms with E-state index in [4.69, 9.17) is 4.42 Å². The molecule has 0 radical (unpaired) electrons. The van der Waals surface area contributed by atoms with E-state index in [-0.39, 0.29) is 11.9 Å². The normalized spacial score (nSPS) is 16.6. The summed E-state index contributed by atoms with van der Waals surface area (Å²) in [4.78, 5) is 16.9. The van der Waals surface area contributed by atoms with Crippen LogP contribution in [0.4, 0.5) is 0 Å². The Labute approximate surface area is 131 Å². The highest BCUT2D eigenvalue weighted by Gasteiger charge is 2.27. The number of likely N-dealkylation sites (tertiary alicyclic amines) is 1. The second kappa shape index (κ2) is 6.36. The monoisotopic (exact) mass is 298 g/mol. The van der Waals surface area contributed by atoms with Gasteiger partial charge in [-0.1, -0.05) is 30.3 Å². The Hall–Kier alpha value is -2.07. The molecule has 0 saturated carbocycles. The minimum atomic E-state index is -0.0293. The first-order valence-electron chi connectivity index (χ1n) is 7.75. The van der Waals surface area contributed by atoms with Crippen LogP contribution in [0.2, 0.25) is 0 Å². The predicted molar refractivity (Wildman–Crippen MR) is 86.8 cm³/mol. The quantitative estimate of drug-likeness (QED) is 0.873. The maximum absolute atomic E-state index is 12.8. The smallest absolute Gasteiger partial charge is 0.290 e. The van der Waals surface area contributed by atoms with Crippen molar-refractivity contribution >= 4 is 5.91 Å². The molecular formula is C18H22N2O2. The Morgan fingerprint density at radius 3 is 2.55 bits per heavy atom. The molecule has 22 heavy (non-hydrogen) atoms. The lowest BCUT2D eigenvalue weighted by molar-refractivity contribution is 0.0629. The number of carbonyl (C=O) groups is 1. The third kappa shape index (κ3) is 2.92. The van der Waals surface area contributed by atoms with E-state index in [2.05, 4.69) is 11.9 Å². The first-order chi connectivity index (χ1) is 10.7. The Morgan fingerprint density at radius 1 is 1.18 bits per heavy atom. The lowest BCUT2D eigenvalue weighted by Crippen LogP contribution is -2.44. The lowest BCUT2D eigenvalue weighted by Gasteiger charge is -2.34. The van der Waals surface area contributed by atoms with Gasteiger partial charge in [0.15, 0.2) is 5.76 Å². The minimum Gasteiger partial charge on any atom is -0.459 e. The molecule has 4 nitrogen and oxygen atoms in total. The van der Waals surface area contributed by atoms with Gasteiger partial charge in [0.1, 0.15) is 0 Å². The highest BCUT2D eigenvalue weighted by molar-refractivity contribution is 5.98. The Kier molecular flexibility index (Phi) is 4.29. The number of benzene rings is 1. The SMILES string of the molecule is CN1CCC(N(C)C(=O)c2occc2-c2ccccc2)CC1. The fraction of sp³-hybridized carbons (Fsp3) is 0.389. The summed E-state index contributed by atoms with van der Waals surface area (Å²) in [5.74, 6) is 0.408. The second-order valence-corrected chi connectivity index (χ2v) is 5.98. The van der Waals surface area contributed by atoms with Crippen molar-refractivity contribution in [2.24, 2.45) is 0 Å². The van der Waals surface area contributed by atoms with Gasteiger partial charge in [-0.2, -0.15) is 0 Å². The molecule has 1 aromatic heterocycles. The molecule has 1 saturated heterocycles. The standard InChI is InChI=1S/C18H22N2O2/c1-19-11-8-15(9-12-19)20(2)18(21)17-16(10-13-22-17)14-6-4-3-5-7-14/h3-7,10,13,15H,8-9,11-12H2,1-2H3. The van der Waals surface area contributed by atoms with Crippen LogP contribution in [0.25, 0.3) is 11.1 Å². The van der Waals surface area contributed by atoms with Crippen molar-refractivity contribution in [3.05, 3.63) is 48.4 Å². The molecule has 3 rings (SSSR count). The van der Waals surface area contributed by atoms with Gasteiger partial charge in [0.05, 0.1) is 6.26 Å². The molecule has 1 aliphatic rings. The summed E-state index contributed by atoms with van der Waals surface area (Å²) >= 11 is 0. The third-order valence-electron chi connectivity index (χ3n) is 4.50. The average Bonchev–Trinajstić information content (AvgIpc) is 3.04. The number of hydrogen-bond donors (Lipinski definition) is 0. The van der Waals surface area contributed by atoms with E-state index in [1.165, 1.54) is 0 Å². The largest absolute Gasteiger partial charge is 0.459 e. The predicted octanol–water partition coefficient (Wildman–Crippen LogP) is 3.11. The van der Waals surface area contributed by atoms with E-state index in [0.29, 0.717) is 5.76 Å². The summed E-state index contributed by atoms with van der Waals surface area (Å²) in [5.41, 5.74) is 1.88. The van der Waals surface area contributed by atoms with E-state index in [1.807, 2.05) is 48.3 Å². The summed E-state index contributed by atoms with van der Waals surface area (Å²) in [6, 6.07) is 12.1. The fourth-order valence-electron chi connectivity index (χ4n) is 3.03. The van der Waals surface area contributed by atoms with Crippen molar-refractivity contribution in [3.63, 3.8) is 0 Å². The summed E-state index contributed by atoms with van der Waals surface area (Å²) < 4.78 is 5.51. The van der Waals surface area contributed by atoms with Crippen molar-refractivity contribution in [2.75, 3.05) is 27.2 Å². The van der Waals surface area contributed by atoms with Crippen LogP contribution in [0.3, 0.4) is 0 Å². The number of piperidine rings is 1. The molecule has 0 unspecified atom stereocenters. The Morgan fingerprint density at radius 2 is 1.86 bits per heavy atom. The molecule has 2 heterocycles. The van der Waals surface area contributed by atoms with Crippen LogP contribution in [0.15, 0.2) is 47.1 Å². The van der Waals surface area contributed by atoms with Crippen LogP contribution in [0.1, 0.15) is 23.4 Å². The Bertz CT molecular complexity index is 628. The summed E-state index contributed by atoms with van der Waals surface area (Å²) in [6.07, 6.45) is 3.62. The fourth-order valence-corrected chi connectivity index (χ4v) is 3.03. The molecule has 116 valence electrons. The molecule has 0 atom stereocenters. The molecule has 2 aromatic rings. The zero-order chi connectivity index (χ0) is 15.5. The number of nitrogens with zero attached hydrogens (tertiary/aromatic N) is 2. The third-order valence-corrected chi connectivity index (χ3v) is 4.50. The zero-order valence-electron chi connectivity index (χ0n) is 13.2. The van der Waals surface area contributed by atoms with Gasteiger partial charge in [-0.3, -0.25) is 4.79 Å². The maximum atomic E-state index is 12.8. The van der Waals surface area contributed by atoms with Crippen LogP contribution in [-0.2, 0) is 0 Å². The Balaban J connectivity index is 1.80. The van der Waals surface area contributed by atoms with Crippen molar-refractivity contribution in [3.8, 4) is 11.1 Å². The van der Waals surface area contributed by atoms with Crippen LogP contribution in [0, 0.1) is 0 Å². The van der Waals surface area contributed by atoms with Gasteiger partial charge in [-0.15, -0.1) is 0 Å². The molecular weight excluding hydrogens is 276 g/mol. The van der Waals surface area contributed by atoms with Crippen molar-refractivity contribution in [1.82, 2.24) is 9.80 Å². The first-order valence-corrected chi connectivity index (χ1v) is 7.75. The zero-order valence-corrected chi connectivity index (χ0v) is 13.2. The number of rotatable bonds is 3.